The highest BCUT2D eigenvalue weighted by atomic mass is 16.7. The Morgan fingerprint density at radius 2 is 2.10 bits per heavy atom. The topological polar surface area (TPSA) is 41.6 Å². The third-order valence-corrected chi connectivity index (χ3v) is 0.669. The van der Waals surface area contributed by atoms with E-state index < -0.39 is 5.97 Å². The lowest BCUT2D eigenvalue weighted by molar-refractivity contribution is -0.156. The summed E-state index contributed by atoms with van der Waals surface area (Å²) in [6, 6.07) is 0. The van der Waals surface area contributed by atoms with Crippen molar-refractivity contribution in [2.24, 2.45) is 0 Å². The van der Waals surface area contributed by atoms with Gasteiger partial charge in [-0.1, -0.05) is 12.2 Å². The van der Waals surface area contributed by atoms with Crippen LogP contribution >= 0.6 is 0 Å². The molecule has 0 saturated heterocycles. The second-order valence-electron chi connectivity index (χ2n) is 2.16. The monoisotopic (exact) mass is 144 g/mol. The van der Waals surface area contributed by atoms with Crippen molar-refractivity contribution in [3.8, 4) is 0 Å². The van der Waals surface area contributed by atoms with E-state index >= 15 is 0 Å². The van der Waals surface area contributed by atoms with Gasteiger partial charge < -0.3 is 4.84 Å². The number of hydrogen-bond acceptors (Lipinski definition) is 4. The number of nitrogens with one attached hydrogen (secondary N) is 1. The highest BCUT2D eigenvalue weighted by Crippen LogP contribution is 1.88. The van der Waals surface area contributed by atoms with Crippen LogP contribution in [0.5, 0.6) is 0 Å². The summed E-state index contributed by atoms with van der Waals surface area (Å²) in [7, 11) is 3.43. The SMILES string of the molecule is C=C(C)C(=O)ONN(C)C. The van der Waals surface area contributed by atoms with Crippen LogP contribution in [0.4, 0.5) is 0 Å². The van der Waals surface area contributed by atoms with Crippen LogP contribution in [-0.4, -0.2) is 25.1 Å². The average Bonchev–Trinajstić information content (AvgIpc) is 1.82. The lowest BCUT2D eigenvalue weighted by Crippen LogP contribution is -2.32. The lowest BCUT2D eigenvalue weighted by atomic mass is 10.4. The molecule has 0 spiro atoms. The van der Waals surface area contributed by atoms with Crippen molar-refractivity contribution in [1.29, 1.82) is 0 Å². The highest BCUT2D eigenvalue weighted by Gasteiger charge is 2.01. The van der Waals surface area contributed by atoms with Gasteiger partial charge in [-0.25, -0.2) is 9.80 Å². The van der Waals surface area contributed by atoms with Crippen LogP contribution in [0.2, 0.25) is 0 Å². The summed E-state index contributed by atoms with van der Waals surface area (Å²) < 4.78 is 0. The van der Waals surface area contributed by atoms with Gasteiger partial charge in [0.1, 0.15) is 0 Å². The molecule has 0 atom stereocenters. The van der Waals surface area contributed by atoms with Crippen LogP contribution in [-0.2, 0) is 9.63 Å². The van der Waals surface area contributed by atoms with E-state index in [2.05, 4.69) is 17.0 Å². The van der Waals surface area contributed by atoms with Crippen molar-refractivity contribution in [3.63, 3.8) is 0 Å². The first-order valence-corrected chi connectivity index (χ1v) is 2.83. The Labute approximate surface area is 60.4 Å². The van der Waals surface area contributed by atoms with Crippen LogP contribution in [0.25, 0.3) is 0 Å². The number of nitrogens with zero attached hydrogens (tertiary/aromatic N) is 1. The van der Waals surface area contributed by atoms with Crippen molar-refractivity contribution < 1.29 is 9.63 Å². The Hall–Kier alpha value is -0.870. The van der Waals surface area contributed by atoms with Crippen molar-refractivity contribution in [2.45, 2.75) is 6.92 Å². The molecular weight excluding hydrogens is 132 g/mol. The van der Waals surface area contributed by atoms with E-state index in [1.54, 1.807) is 21.0 Å². The molecule has 4 heteroatoms. The zero-order valence-electron chi connectivity index (χ0n) is 6.47. The van der Waals surface area contributed by atoms with E-state index in [0.717, 1.165) is 0 Å². The normalized spacial score (nSPS) is 9.60. The molecule has 0 aromatic carbocycles. The minimum atomic E-state index is -0.450. The number of hydrazine groups is 1. The van der Waals surface area contributed by atoms with Crippen LogP contribution < -0.4 is 5.59 Å². The second kappa shape index (κ2) is 4.03. The minimum Gasteiger partial charge on any atom is -0.351 e. The zero-order valence-corrected chi connectivity index (χ0v) is 6.47. The van der Waals surface area contributed by atoms with Crippen LogP contribution in [0, 0.1) is 0 Å². The Morgan fingerprint density at radius 1 is 1.60 bits per heavy atom. The van der Waals surface area contributed by atoms with E-state index in [4.69, 9.17) is 0 Å². The standard InChI is InChI=1S/C6H12N2O2/c1-5(2)6(9)10-7-8(3)4/h7H,1H2,2-4H3. The lowest BCUT2D eigenvalue weighted by Gasteiger charge is -2.10. The zero-order chi connectivity index (χ0) is 8.15. The van der Waals surface area contributed by atoms with E-state index in [1.165, 1.54) is 5.01 Å². The predicted octanol–water partition coefficient (Wildman–Crippen LogP) is 0.0869. The van der Waals surface area contributed by atoms with Gasteiger partial charge in [-0.15, -0.1) is 0 Å². The quantitative estimate of drug-likeness (QED) is 0.450. The first kappa shape index (κ1) is 9.13. The molecule has 0 aliphatic heterocycles. The van der Waals surface area contributed by atoms with Crippen molar-refractivity contribution in [2.75, 3.05) is 14.1 Å². The molecule has 4 nitrogen and oxygen atoms in total. The Balaban J connectivity index is 3.50. The summed E-state index contributed by atoms with van der Waals surface area (Å²) >= 11 is 0. The van der Waals surface area contributed by atoms with E-state index in [0.29, 0.717) is 5.57 Å². The van der Waals surface area contributed by atoms with Gasteiger partial charge in [0.25, 0.3) is 0 Å². The molecule has 58 valence electrons. The van der Waals surface area contributed by atoms with Gasteiger partial charge in [0.15, 0.2) is 0 Å². The molecule has 0 aliphatic carbocycles. The van der Waals surface area contributed by atoms with Gasteiger partial charge in [-0.05, 0) is 6.92 Å². The summed E-state index contributed by atoms with van der Waals surface area (Å²) in [4.78, 5) is 15.1. The third-order valence-electron chi connectivity index (χ3n) is 0.669. The number of hydrogen-bond donors (Lipinski definition) is 1. The molecule has 0 aromatic rings. The van der Waals surface area contributed by atoms with Gasteiger partial charge in [0.05, 0.1) is 0 Å². The van der Waals surface area contributed by atoms with E-state index in [1.807, 2.05) is 0 Å². The predicted molar refractivity (Wildman–Crippen MR) is 37.7 cm³/mol. The summed E-state index contributed by atoms with van der Waals surface area (Å²) in [6.07, 6.45) is 0. The molecular formula is C6H12N2O2. The van der Waals surface area contributed by atoms with Crippen molar-refractivity contribution in [3.05, 3.63) is 12.2 Å². The van der Waals surface area contributed by atoms with Gasteiger partial charge in [0, 0.05) is 19.7 Å². The fraction of sp³-hybridized carbons (Fsp3) is 0.500. The Bertz CT molecular complexity index is 143. The first-order chi connectivity index (χ1) is 4.54. The maximum atomic E-state index is 10.6. The third kappa shape index (κ3) is 4.05. The second-order valence-corrected chi connectivity index (χ2v) is 2.16. The summed E-state index contributed by atoms with van der Waals surface area (Å²) in [5.74, 6) is -0.450. The number of carbonyl (C=O) groups is 1. The number of carbonyl (C=O) groups excluding carboxylic acids is 1. The van der Waals surface area contributed by atoms with E-state index in [-0.39, 0.29) is 0 Å². The molecule has 1 N–H and O–H groups in total. The summed E-state index contributed by atoms with van der Waals surface area (Å²) in [5, 5.41) is 1.51. The van der Waals surface area contributed by atoms with Crippen molar-refractivity contribution >= 4 is 5.97 Å². The van der Waals surface area contributed by atoms with Crippen LogP contribution in [0.15, 0.2) is 12.2 Å². The molecule has 0 saturated carbocycles. The largest absolute Gasteiger partial charge is 0.353 e. The van der Waals surface area contributed by atoms with Gasteiger partial charge >= 0.3 is 5.97 Å². The Kier molecular flexibility index (Phi) is 3.68. The van der Waals surface area contributed by atoms with Crippen molar-refractivity contribution in [1.82, 2.24) is 10.6 Å². The fourth-order valence-corrected chi connectivity index (χ4v) is 0.220. The van der Waals surface area contributed by atoms with Crippen LogP contribution in [0.1, 0.15) is 6.92 Å². The van der Waals surface area contributed by atoms with E-state index in [9.17, 15) is 4.79 Å². The molecule has 0 heterocycles. The molecule has 0 radical (unpaired) electrons. The minimum absolute atomic E-state index is 0.370. The molecule has 0 aromatic heterocycles. The molecule has 0 rings (SSSR count). The highest BCUT2D eigenvalue weighted by molar-refractivity contribution is 5.86. The molecule has 0 amide bonds. The van der Waals surface area contributed by atoms with Gasteiger partial charge in [-0.2, -0.15) is 0 Å². The fourth-order valence-electron chi connectivity index (χ4n) is 0.220. The van der Waals surface area contributed by atoms with Gasteiger partial charge in [-0.3, -0.25) is 0 Å². The molecule has 0 unspecified atom stereocenters. The molecule has 0 fully saturated rings. The number of rotatable bonds is 3. The maximum Gasteiger partial charge on any atom is 0.353 e. The average molecular weight is 144 g/mol. The first-order valence-electron chi connectivity index (χ1n) is 2.83. The smallest absolute Gasteiger partial charge is 0.351 e. The molecule has 0 bridgehead atoms. The molecule has 0 aliphatic rings. The van der Waals surface area contributed by atoms with Crippen LogP contribution in [0.3, 0.4) is 0 Å². The summed E-state index contributed by atoms with van der Waals surface area (Å²) in [5.41, 5.74) is 2.72. The molecule has 10 heavy (non-hydrogen) atoms. The van der Waals surface area contributed by atoms with Gasteiger partial charge in [0.2, 0.25) is 0 Å². The summed E-state index contributed by atoms with van der Waals surface area (Å²) in [6.45, 7) is 4.98. The Morgan fingerprint density at radius 3 is 2.40 bits per heavy atom. The maximum absolute atomic E-state index is 10.6.